The van der Waals surface area contributed by atoms with E-state index in [0.717, 1.165) is 25.8 Å². The van der Waals surface area contributed by atoms with Crippen molar-refractivity contribution in [2.45, 2.75) is 19.0 Å². The van der Waals surface area contributed by atoms with E-state index in [1.54, 1.807) is 11.3 Å². The van der Waals surface area contributed by atoms with Crippen molar-refractivity contribution in [1.29, 1.82) is 0 Å². The molecule has 1 aromatic carbocycles. The highest BCUT2D eigenvalue weighted by molar-refractivity contribution is 9.10. The van der Waals surface area contributed by atoms with Crippen LogP contribution in [0, 0.1) is 0 Å². The molecule has 2 aromatic heterocycles. The standard InChI is InChI=1S/C16H15BrN2O2S/c17-11-6-12(22-9-11)8-19-15(16(20)21)5-10-7-18-14-4-2-1-3-13(10)14/h1-4,6-7,9,15,18-19H,5,8H2,(H,20,21). The number of thiophene rings is 1. The molecular formula is C16H15BrN2O2S. The van der Waals surface area contributed by atoms with Crippen molar-refractivity contribution in [1.82, 2.24) is 10.3 Å². The number of hydrogen-bond acceptors (Lipinski definition) is 3. The Hall–Kier alpha value is -1.63. The molecule has 0 aliphatic carbocycles. The molecule has 0 saturated carbocycles. The molecule has 0 aliphatic heterocycles. The Morgan fingerprint density at radius 1 is 1.41 bits per heavy atom. The Bertz CT molecular complexity index is 796. The van der Waals surface area contributed by atoms with Gasteiger partial charge in [0.2, 0.25) is 0 Å². The number of fused-ring (bicyclic) bond motifs is 1. The summed E-state index contributed by atoms with van der Waals surface area (Å²) in [4.78, 5) is 15.8. The zero-order chi connectivity index (χ0) is 15.5. The summed E-state index contributed by atoms with van der Waals surface area (Å²) in [6.07, 6.45) is 2.34. The van der Waals surface area contributed by atoms with Gasteiger partial charge in [-0.05, 0) is 33.6 Å². The number of carbonyl (C=O) groups is 1. The number of H-pyrrole nitrogens is 1. The lowest BCUT2D eigenvalue weighted by molar-refractivity contribution is -0.139. The number of hydrogen-bond donors (Lipinski definition) is 3. The van der Waals surface area contributed by atoms with E-state index < -0.39 is 12.0 Å². The van der Waals surface area contributed by atoms with E-state index in [2.05, 4.69) is 26.2 Å². The molecule has 6 heteroatoms. The van der Waals surface area contributed by atoms with E-state index in [-0.39, 0.29) is 0 Å². The van der Waals surface area contributed by atoms with Crippen LogP contribution in [0.1, 0.15) is 10.4 Å². The first-order valence-electron chi connectivity index (χ1n) is 6.87. The van der Waals surface area contributed by atoms with E-state index >= 15 is 0 Å². The third-order valence-electron chi connectivity index (χ3n) is 3.54. The number of aromatic amines is 1. The highest BCUT2D eigenvalue weighted by atomic mass is 79.9. The molecule has 0 saturated heterocycles. The van der Waals surface area contributed by atoms with Gasteiger partial charge >= 0.3 is 5.97 Å². The average molecular weight is 379 g/mol. The summed E-state index contributed by atoms with van der Waals surface area (Å²) >= 11 is 5.01. The van der Waals surface area contributed by atoms with E-state index in [9.17, 15) is 9.90 Å². The maximum Gasteiger partial charge on any atom is 0.321 e. The predicted molar refractivity (Wildman–Crippen MR) is 92.3 cm³/mol. The Morgan fingerprint density at radius 2 is 2.23 bits per heavy atom. The van der Waals surface area contributed by atoms with Crippen molar-refractivity contribution in [3.63, 3.8) is 0 Å². The van der Waals surface area contributed by atoms with Gasteiger partial charge in [0.25, 0.3) is 0 Å². The molecule has 3 aromatic rings. The van der Waals surface area contributed by atoms with Gasteiger partial charge in [-0.1, -0.05) is 18.2 Å². The number of carboxylic acids is 1. The van der Waals surface area contributed by atoms with Crippen LogP contribution in [0.25, 0.3) is 10.9 Å². The second-order valence-corrected chi connectivity index (χ2v) is 6.98. The smallest absolute Gasteiger partial charge is 0.321 e. The first-order chi connectivity index (χ1) is 10.6. The number of halogens is 1. The largest absolute Gasteiger partial charge is 0.480 e. The SMILES string of the molecule is O=C(O)C(Cc1c[nH]c2ccccc12)NCc1cc(Br)cs1. The number of carboxylic acid groups (broad SMARTS) is 1. The number of rotatable bonds is 6. The van der Waals surface area contributed by atoms with Crippen molar-refractivity contribution in [2.24, 2.45) is 0 Å². The number of benzene rings is 1. The maximum atomic E-state index is 11.5. The molecule has 0 spiro atoms. The molecule has 4 nitrogen and oxygen atoms in total. The van der Waals surface area contributed by atoms with Crippen LogP contribution in [0.2, 0.25) is 0 Å². The molecule has 2 heterocycles. The quantitative estimate of drug-likeness (QED) is 0.611. The van der Waals surface area contributed by atoms with Crippen molar-refractivity contribution < 1.29 is 9.90 Å². The molecule has 0 radical (unpaired) electrons. The molecule has 22 heavy (non-hydrogen) atoms. The summed E-state index contributed by atoms with van der Waals surface area (Å²) in [5.41, 5.74) is 2.05. The van der Waals surface area contributed by atoms with Crippen LogP contribution in [0.3, 0.4) is 0 Å². The monoisotopic (exact) mass is 378 g/mol. The topological polar surface area (TPSA) is 65.1 Å². The van der Waals surface area contributed by atoms with E-state index in [0.29, 0.717) is 13.0 Å². The molecule has 3 N–H and O–H groups in total. The Morgan fingerprint density at radius 3 is 2.95 bits per heavy atom. The number of aromatic nitrogens is 1. The summed E-state index contributed by atoms with van der Waals surface area (Å²) in [6, 6.07) is 9.32. The number of aliphatic carboxylic acids is 1. The molecule has 1 atom stereocenters. The van der Waals surface area contributed by atoms with Crippen molar-refractivity contribution in [3.05, 3.63) is 56.8 Å². The minimum Gasteiger partial charge on any atom is -0.480 e. The minimum atomic E-state index is -0.832. The average Bonchev–Trinajstić information content (AvgIpc) is 3.10. The molecule has 3 rings (SSSR count). The molecule has 0 aliphatic rings. The lowest BCUT2D eigenvalue weighted by Crippen LogP contribution is -2.37. The third kappa shape index (κ3) is 3.40. The zero-order valence-electron chi connectivity index (χ0n) is 11.7. The number of para-hydroxylation sites is 1. The first-order valence-corrected chi connectivity index (χ1v) is 8.55. The molecule has 0 fully saturated rings. The van der Waals surface area contributed by atoms with Crippen molar-refractivity contribution in [2.75, 3.05) is 0 Å². The van der Waals surface area contributed by atoms with Gasteiger partial charge < -0.3 is 10.1 Å². The summed E-state index contributed by atoms with van der Waals surface area (Å²) < 4.78 is 1.03. The molecule has 1 unspecified atom stereocenters. The minimum absolute atomic E-state index is 0.450. The summed E-state index contributed by atoms with van der Waals surface area (Å²) in [5, 5.41) is 15.6. The fourth-order valence-corrected chi connectivity index (χ4v) is 3.84. The summed E-state index contributed by atoms with van der Waals surface area (Å²) in [5.74, 6) is -0.832. The van der Waals surface area contributed by atoms with Crippen LogP contribution in [0.5, 0.6) is 0 Å². The fourth-order valence-electron chi connectivity index (χ4n) is 2.44. The second-order valence-electron chi connectivity index (χ2n) is 5.07. The van der Waals surface area contributed by atoms with Crippen molar-refractivity contribution >= 4 is 44.1 Å². The van der Waals surface area contributed by atoms with Crippen LogP contribution in [-0.4, -0.2) is 22.1 Å². The van der Waals surface area contributed by atoms with Gasteiger partial charge in [0.15, 0.2) is 0 Å². The predicted octanol–water partition coefficient (Wildman–Crippen LogP) is 3.78. The molecule has 0 amide bonds. The molecule has 114 valence electrons. The highest BCUT2D eigenvalue weighted by Crippen LogP contribution is 2.21. The van der Waals surface area contributed by atoms with E-state index in [1.165, 1.54) is 0 Å². The Labute approximate surface area is 140 Å². The van der Waals surface area contributed by atoms with Gasteiger partial charge in [-0.2, -0.15) is 0 Å². The lowest BCUT2D eigenvalue weighted by atomic mass is 10.1. The highest BCUT2D eigenvalue weighted by Gasteiger charge is 2.19. The van der Waals surface area contributed by atoms with Crippen LogP contribution < -0.4 is 5.32 Å². The number of nitrogens with one attached hydrogen (secondary N) is 2. The van der Waals surface area contributed by atoms with E-state index in [1.807, 2.05) is 41.9 Å². The van der Waals surface area contributed by atoms with Gasteiger partial charge in [0.1, 0.15) is 6.04 Å². The van der Waals surface area contributed by atoms with Gasteiger partial charge in [-0.3, -0.25) is 10.1 Å². The van der Waals surface area contributed by atoms with E-state index in [4.69, 9.17) is 0 Å². The van der Waals surface area contributed by atoms with Crippen LogP contribution in [-0.2, 0) is 17.8 Å². The first kappa shape index (κ1) is 15.3. The van der Waals surface area contributed by atoms with Crippen LogP contribution in [0.4, 0.5) is 0 Å². The Kier molecular flexibility index (Phi) is 4.61. The fraction of sp³-hybridized carbons (Fsp3) is 0.188. The zero-order valence-corrected chi connectivity index (χ0v) is 14.1. The van der Waals surface area contributed by atoms with Gasteiger partial charge in [0, 0.05) is 44.8 Å². The second kappa shape index (κ2) is 6.64. The van der Waals surface area contributed by atoms with Gasteiger partial charge in [-0.25, -0.2) is 0 Å². The summed E-state index contributed by atoms with van der Waals surface area (Å²) in [7, 11) is 0. The van der Waals surface area contributed by atoms with Gasteiger partial charge in [0.05, 0.1) is 0 Å². The molecule has 0 bridgehead atoms. The summed E-state index contributed by atoms with van der Waals surface area (Å²) in [6.45, 7) is 0.551. The maximum absolute atomic E-state index is 11.5. The molecular weight excluding hydrogens is 364 g/mol. The van der Waals surface area contributed by atoms with Crippen LogP contribution in [0.15, 0.2) is 46.4 Å². The normalized spacial score (nSPS) is 12.6. The van der Waals surface area contributed by atoms with Crippen molar-refractivity contribution in [3.8, 4) is 0 Å². The van der Waals surface area contributed by atoms with Gasteiger partial charge in [-0.15, -0.1) is 11.3 Å². The van der Waals surface area contributed by atoms with Crippen LogP contribution >= 0.6 is 27.3 Å². The lowest BCUT2D eigenvalue weighted by Gasteiger charge is -2.13. The third-order valence-corrected chi connectivity index (χ3v) is 5.24. The Balaban J connectivity index is 1.73.